The van der Waals surface area contributed by atoms with E-state index < -0.39 is 17.2 Å². The number of fused-ring (bicyclic) bond motifs is 1. The van der Waals surface area contributed by atoms with E-state index >= 15 is 0 Å². The summed E-state index contributed by atoms with van der Waals surface area (Å²) in [4.78, 5) is 37.5. The number of anilines is 1. The Balaban J connectivity index is 0.000000753. The fraction of sp³-hybridized carbons (Fsp3) is 0.361. The molecule has 0 aliphatic carbocycles. The zero-order chi connectivity index (χ0) is 36.6. The molecule has 1 heterocycles. The molecular weight excluding hydrogens is 668 g/mol. The van der Waals surface area contributed by atoms with E-state index in [-0.39, 0.29) is 5.91 Å². The van der Waals surface area contributed by atoms with Crippen molar-refractivity contribution in [3.8, 4) is 34.5 Å². The predicted octanol–water partition coefficient (Wildman–Crippen LogP) is 5.41. The minimum absolute atomic E-state index is 0.0205. The van der Waals surface area contributed by atoms with Crippen LogP contribution in [-0.2, 0) is 14.4 Å². The Kier molecular flexibility index (Phi) is 15.6. The van der Waals surface area contributed by atoms with E-state index in [9.17, 15) is 14.4 Å². The molecule has 0 fully saturated rings. The molecule has 0 bridgehead atoms. The molecule has 14 heteroatoms. The van der Waals surface area contributed by atoms with Crippen LogP contribution in [0, 0.1) is 0 Å². The number of ether oxygens (including phenoxy) is 6. The summed E-state index contributed by atoms with van der Waals surface area (Å²) in [6.45, 7) is 2.73. The molecule has 1 aliphatic heterocycles. The van der Waals surface area contributed by atoms with Gasteiger partial charge in [-0.05, 0) is 56.8 Å². The molecule has 0 aromatic heterocycles. The molecule has 13 nitrogen and oxygen atoms in total. The van der Waals surface area contributed by atoms with Crippen molar-refractivity contribution in [3.63, 3.8) is 0 Å². The van der Waals surface area contributed by atoms with Crippen molar-refractivity contribution >= 4 is 35.3 Å². The second-order valence-electron chi connectivity index (χ2n) is 10.8. The number of methoxy groups -OCH3 is 4. The summed E-state index contributed by atoms with van der Waals surface area (Å²) in [5, 5.41) is 15.2. The zero-order valence-electron chi connectivity index (χ0n) is 29.0. The Morgan fingerprint density at radius 1 is 0.800 bits per heavy atom. The summed E-state index contributed by atoms with van der Waals surface area (Å²) in [5.74, 6) is 1.23. The van der Waals surface area contributed by atoms with Gasteiger partial charge >= 0.3 is 11.9 Å². The van der Waals surface area contributed by atoms with Crippen LogP contribution in [0.5, 0.6) is 34.5 Å². The van der Waals surface area contributed by atoms with Gasteiger partial charge in [0.15, 0.2) is 11.5 Å². The Hall–Kier alpha value is -5.08. The van der Waals surface area contributed by atoms with Crippen molar-refractivity contribution in [1.29, 1.82) is 0 Å². The average Bonchev–Trinajstić information content (AvgIpc) is 3.12. The van der Waals surface area contributed by atoms with Crippen molar-refractivity contribution in [1.82, 2.24) is 4.90 Å². The number of rotatable bonds is 17. The number of carboxylic acids is 2. The number of carbonyl (C=O) groups is 3. The lowest BCUT2D eigenvalue weighted by Crippen LogP contribution is -2.33. The van der Waals surface area contributed by atoms with Crippen LogP contribution < -0.4 is 33.3 Å². The fourth-order valence-corrected chi connectivity index (χ4v) is 6.18. The molecule has 3 aromatic rings. The summed E-state index contributed by atoms with van der Waals surface area (Å²) < 4.78 is 33.8. The first-order valence-corrected chi connectivity index (χ1v) is 16.5. The molecule has 1 atom stereocenters. The van der Waals surface area contributed by atoms with E-state index in [1.165, 1.54) is 0 Å². The van der Waals surface area contributed by atoms with Gasteiger partial charge in [0.2, 0.25) is 11.7 Å². The Morgan fingerprint density at radius 2 is 1.46 bits per heavy atom. The molecule has 270 valence electrons. The summed E-state index contributed by atoms with van der Waals surface area (Å²) >= 11 is 1.55. The third kappa shape index (κ3) is 11.2. The first kappa shape index (κ1) is 39.4. The lowest BCUT2D eigenvalue weighted by molar-refractivity contribution is -0.134. The number of unbranched alkanes of at least 4 members (excludes halogenated alkanes) is 1. The van der Waals surface area contributed by atoms with Gasteiger partial charge in [-0.15, -0.1) is 11.8 Å². The van der Waals surface area contributed by atoms with E-state index in [0.717, 1.165) is 42.1 Å². The minimum atomic E-state index is -1.26. The Morgan fingerprint density at radius 3 is 2.06 bits per heavy atom. The van der Waals surface area contributed by atoms with E-state index in [0.29, 0.717) is 59.9 Å². The topological polar surface area (TPSA) is 154 Å². The van der Waals surface area contributed by atoms with Gasteiger partial charge in [-0.1, -0.05) is 12.1 Å². The third-order valence-electron chi connectivity index (χ3n) is 7.47. The average molecular weight is 713 g/mol. The maximum Gasteiger partial charge on any atom is 0.328 e. The number of amides is 1. The highest BCUT2D eigenvalue weighted by Crippen LogP contribution is 2.48. The van der Waals surface area contributed by atoms with Crippen LogP contribution in [0.2, 0.25) is 0 Å². The number of carboxylic acid groups (broad SMARTS) is 2. The van der Waals surface area contributed by atoms with E-state index in [1.54, 1.807) is 57.2 Å². The zero-order valence-corrected chi connectivity index (χ0v) is 29.9. The van der Waals surface area contributed by atoms with E-state index in [2.05, 4.69) is 11.9 Å². The lowest BCUT2D eigenvalue weighted by Gasteiger charge is -2.32. The van der Waals surface area contributed by atoms with Crippen LogP contribution in [0.25, 0.3) is 0 Å². The highest BCUT2D eigenvalue weighted by Gasteiger charge is 2.34. The summed E-state index contributed by atoms with van der Waals surface area (Å²) in [6, 6.07) is 17.2. The number of benzene rings is 3. The molecule has 3 aromatic carbocycles. The number of hydrogen-bond donors (Lipinski definition) is 2. The maximum absolute atomic E-state index is 13.3. The molecule has 4 rings (SSSR count). The number of carbonyl (C=O) groups excluding carboxylic acids is 1. The number of aliphatic carboxylic acids is 2. The molecule has 0 spiro atoms. The van der Waals surface area contributed by atoms with Crippen LogP contribution in [0.15, 0.2) is 71.6 Å². The van der Waals surface area contributed by atoms with Gasteiger partial charge < -0.3 is 48.4 Å². The first-order valence-electron chi connectivity index (χ1n) is 15.6. The van der Waals surface area contributed by atoms with E-state index in [1.807, 2.05) is 49.5 Å². The smallest absolute Gasteiger partial charge is 0.328 e. The van der Waals surface area contributed by atoms with Crippen molar-refractivity contribution in [2.45, 2.75) is 23.0 Å². The molecule has 50 heavy (non-hydrogen) atoms. The van der Waals surface area contributed by atoms with Gasteiger partial charge in [-0.25, -0.2) is 9.59 Å². The van der Waals surface area contributed by atoms with Crippen molar-refractivity contribution in [2.24, 2.45) is 0 Å². The number of para-hydroxylation sites is 1. The van der Waals surface area contributed by atoms with Crippen LogP contribution >= 0.6 is 11.8 Å². The van der Waals surface area contributed by atoms with Crippen LogP contribution in [0.3, 0.4) is 0 Å². The summed E-state index contributed by atoms with van der Waals surface area (Å²) in [5.41, 5.74) is 1.75. The van der Waals surface area contributed by atoms with Crippen LogP contribution in [-0.4, -0.2) is 102 Å². The highest BCUT2D eigenvalue weighted by molar-refractivity contribution is 8.00. The SMILES string of the molecule is COc1ccc(OCCCCN(C)CCOc2cc(OC)c(OC)c(OC)c2)c(C2Sc3ccccc3N(C)C2=O)c1.O=C(O)/C=C/C(=O)O. The minimum Gasteiger partial charge on any atom is -0.497 e. The van der Waals surface area contributed by atoms with E-state index in [4.69, 9.17) is 38.6 Å². The van der Waals surface area contributed by atoms with Crippen molar-refractivity contribution in [2.75, 3.05) is 73.7 Å². The summed E-state index contributed by atoms with van der Waals surface area (Å²) in [7, 11) is 10.3. The van der Waals surface area contributed by atoms with Gasteiger partial charge in [-0.2, -0.15) is 0 Å². The van der Waals surface area contributed by atoms with Crippen molar-refractivity contribution < 1.29 is 53.0 Å². The molecule has 1 amide bonds. The number of hydrogen-bond acceptors (Lipinski definition) is 11. The molecular formula is C36H44N2O11S. The molecule has 0 radical (unpaired) electrons. The molecule has 0 saturated heterocycles. The van der Waals surface area contributed by atoms with Crippen molar-refractivity contribution in [3.05, 3.63) is 72.3 Å². The Labute approximate surface area is 296 Å². The normalized spacial score (nSPS) is 13.6. The standard InChI is InChI=1S/C32H40N2O7S.C4H4O4/c1-33(16-18-40-23-20-27(37-4)30(39-6)28(21-23)38-5)15-9-10-17-41-26-14-13-22(36-3)19-24(26)31-32(35)34(2)25-11-7-8-12-29(25)42-31;5-3(6)1-2-4(7)8/h7-8,11-14,19-21,31H,9-10,15-18H2,1-6H3;1-2H,(H,5,6)(H,7,8)/b;2-1+. The predicted molar refractivity (Wildman–Crippen MR) is 190 cm³/mol. The van der Waals surface area contributed by atoms with Crippen LogP contribution in [0.4, 0.5) is 5.69 Å². The largest absolute Gasteiger partial charge is 0.497 e. The number of thioether (sulfide) groups is 1. The fourth-order valence-electron chi connectivity index (χ4n) is 4.87. The van der Waals surface area contributed by atoms with Crippen LogP contribution in [0.1, 0.15) is 23.7 Å². The molecule has 1 unspecified atom stereocenters. The lowest BCUT2D eigenvalue weighted by atomic mass is 10.1. The second kappa shape index (κ2) is 19.8. The summed E-state index contributed by atoms with van der Waals surface area (Å²) in [6.07, 6.45) is 2.95. The monoisotopic (exact) mass is 712 g/mol. The number of nitrogens with zero attached hydrogens (tertiary/aromatic N) is 2. The molecule has 2 N–H and O–H groups in total. The first-order chi connectivity index (χ1) is 24.0. The molecule has 1 aliphatic rings. The quantitative estimate of drug-likeness (QED) is 0.136. The Bertz CT molecular complexity index is 1590. The maximum atomic E-state index is 13.3. The van der Waals surface area contributed by atoms with Gasteiger partial charge in [-0.3, -0.25) is 4.79 Å². The van der Waals surface area contributed by atoms with Gasteiger partial charge in [0.05, 0.1) is 40.7 Å². The van der Waals surface area contributed by atoms with Gasteiger partial charge in [0, 0.05) is 48.3 Å². The second-order valence-corrected chi connectivity index (χ2v) is 12.0. The van der Waals surface area contributed by atoms with Gasteiger partial charge in [0.25, 0.3) is 0 Å². The third-order valence-corrected chi connectivity index (χ3v) is 8.76. The molecule has 0 saturated carbocycles. The number of likely N-dealkylation sites (N-methyl/N-ethyl adjacent to an activating group) is 2. The highest BCUT2D eigenvalue weighted by atomic mass is 32.2. The van der Waals surface area contributed by atoms with Gasteiger partial charge in [0.1, 0.15) is 29.1 Å².